The molecule has 7 heteroatoms. The molecule has 1 amide bonds. The monoisotopic (exact) mass is 299 g/mol. The van der Waals surface area contributed by atoms with Crippen LogP contribution in [0.2, 0.25) is 0 Å². The van der Waals surface area contributed by atoms with Gasteiger partial charge >= 0.3 is 0 Å². The van der Waals surface area contributed by atoms with Gasteiger partial charge in [-0.25, -0.2) is 8.42 Å². The van der Waals surface area contributed by atoms with Crippen LogP contribution in [0, 0.1) is 0 Å². The fourth-order valence-electron chi connectivity index (χ4n) is 1.65. The van der Waals surface area contributed by atoms with Crippen molar-refractivity contribution in [2.45, 2.75) is 30.2 Å². The number of hydrogen-bond acceptors (Lipinski definition) is 5. The highest BCUT2D eigenvalue weighted by atomic mass is 32.2. The van der Waals surface area contributed by atoms with E-state index in [1.807, 2.05) is 0 Å². The first-order valence-corrected chi connectivity index (χ1v) is 8.14. The van der Waals surface area contributed by atoms with Gasteiger partial charge in [0.05, 0.1) is 10.9 Å². The van der Waals surface area contributed by atoms with Crippen LogP contribution in [-0.4, -0.2) is 32.8 Å². The molecule has 5 N–H and O–H groups in total. The molecule has 1 unspecified atom stereocenters. The number of sulfone groups is 1. The van der Waals surface area contributed by atoms with Crippen LogP contribution in [-0.2, 0) is 14.6 Å². The molecular formula is C13H21N3O3S. The highest BCUT2D eigenvalue weighted by molar-refractivity contribution is 7.91. The Bertz CT molecular complexity index is 517. The first kappa shape index (κ1) is 16.6. The number of amides is 1. The first-order chi connectivity index (χ1) is 9.47. The lowest BCUT2D eigenvalue weighted by molar-refractivity contribution is -0.122. The van der Waals surface area contributed by atoms with Gasteiger partial charge in [0.15, 0.2) is 9.84 Å². The number of hydrogen-bond donors (Lipinski definition) is 3. The summed E-state index contributed by atoms with van der Waals surface area (Å²) in [5, 5.41) is 2.36. The largest absolute Gasteiger partial charge is 0.340 e. The van der Waals surface area contributed by atoms with Gasteiger partial charge in [0.1, 0.15) is 5.88 Å². The average molecular weight is 299 g/mol. The summed E-state index contributed by atoms with van der Waals surface area (Å²) in [5.41, 5.74) is 11.0. The normalized spacial score (nSPS) is 12.9. The van der Waals surface area contributed by atoms with Crippen LogP contribution in [0.15, 0.2) is 35.2 Å². The second kappa shape index (κ2) is 7.98. The summed E-state index contributed by atoms with van der Waals surface area (Å²) in [6.07, 6.45) is 2.04. The van der Waals surface area contributed by atoms with Gasteiger partial charge in [0, 0.05) is 0 Å². The minimum absolute atomic E-state index is 0.178. The predicted octanol–water partition coefficient (Wildman–Crippen LogP) is -0.00970. The second-order valence-electron chi connectivity index (χ2n) is 4.50. The molecule has 20 heavy (non-hydrogen) atoms. The van der Waals surface area contributed by atoms with Crippen molar-refractivity contribution in [2.24, 2.45) is 11.5 Å². The van der Waals surface area contributed by atoms with E-state index in [0.717, 1.165) is 12.8 Å². The molecule has 1 atom stereocenters. The third kappa shape index (κ3) is 5.28. The van der Waals surface area contributed by atoms with Crippen LogP contribution in [0.5, 0.6) is 0 Å². The summed E-state index contributed by atoms with van der Waals surface area (Å²) < 4.78 is 23.9. The van der Waals surface area contributed by atoms with Crippen molar-refractivity contribution in [3.63, 3.8) is 0 Å². The Morgan fingerprint density at radius 3 is 2.45 bits per heavy atom. The second-order valence-corrected chi connectivity index (χ2v) is 6.49. The van der Waals surface area contributed by atoms with Gasteiger partial charge in [-0.1, -0.05) is 24.6 Å². The molecule has 0 fully saturated rings. The van der Waals surface area contributed by atoms with E-state index in [4.69, 9.17) is 11.5 Å². The van der Waals surface area contributed by atoms with E-state index in [0.29, 0.717) is 13.0 Å². The minimum atomic E-state index is -3.52. The maximum absolute atomic E-state index is 11.9. The van der Waals surface area contributed by atoms with Crippen molar-refractivity contribution in [1.82, 2.24) is 5.32 Å². The van der Waals surface area contributed by atoms with E-state index < -0.39 is 27.7 Å². The van der Waals surface area contributed by atoms with Crippen molar-refractivity contribution < 1.29 is 13.2 Å². The van der Waals surface area contributed by atoms with Gasteiger partial charge in [-0.05, 0) is 31.5 Å². The Hall–Kier alpha value is -1.44. The number of rotatable bonds is 8. The smallest absolute Gasteiger partial charge is 0.237 e. The number of unbranched alkanes of at least 4 members (excludes halogenated alkanes) is 1. The Labute approximate surface area is 119 Å². The lowest BCUT2D eigenvalue weighted by atomic mass is 10.1. The zero-order chi connectivity index (χ0) is 15.0. The Kier molecular flexibility index (Phi) is 6.63. The molecule has 0 saturated carbocycles. The average Bonchev–Trinajstić information content (AvgIpc) is 2.46. The molecule has 112 valence electrons. The Balaban J connectivity index is 2.48. The van der Waals surface area contributed by atoms with Gasteiger partial charge < -0.3 is 16.8 Å². The molecule has 1 rings (SSSR count). The molecule has 0 spiro atoms. The molecule has 0 bridgehead atoms. The maximum atomic E-state index is 11.9. The van der Waals surface area contributed by atoms with Gasteiger partial charge in [-0.2, -0.15) is 0 Å². The van der Waals surface area contributed by atoms with Crippen molar-refractivity contribution >= 4 is 15.7 Å². The molecule has 0 aliphatic carbocycles. The first-order valence-electron chi connectivity index (χ1n) is 6.48. The molecule has 1 aromatic carbocycles. The van der Waals surface area contributed by atoms with Crippen LogP contribution >= 0.6 is 0 Å². The summed E-state index contributed by atoms with van der Waals surface area (Å²) in [5.74, 6) is -0.901. The minimum Gasteiger partial charge on any atom is -0.340 e. The number of benzene rings is 1. The number of carbonyl (C=O) groups excluding carboxylic acids is 1. The zero-order valence-corrected chi connectivity index (χ0v) is 12.1. The van der Waals surface area contributed by atoms with E-state index in [9.17, 15) is 13.2 Å². The summed E-state index contributed by atoms with van der Waals surface area (Å²) >= 11 is 0. The molecule has 0 aromatic heterocycles. The third-order valence-corrected chi connectivity index (χ3v) is 4.36. The van der Waals surface area contributed by atoms with Crippen molar-refractivity contribution in [3.8, 4) is 0 Å². The van der Waals surface area contributed by atoms with Crippen LogP contribution in [0.1, 0.15) is 19.3 Å². The van der Waals surface area contributed by atoms with Crippen LogP contribution in [0.25, 0.3) is 0 Å². The number of nitrogens with one attached hydrogen (secondary N) is 1. The van der Waals surface area contributed by atoms with E-state index >= 15 is 0 Å². The zero-order valence-electron chi connectivity index (χ0n) is 11.3. The van der Waals surface area contributed by atoms with Crippen LogP contribution in [0.4, 0.5) is 0 Å². The van der Waals surface area contributed by atoms with E-state index in [-0.39, 0.29) is 4.90 Å². The predicted molar refractivity (Wildman–Crippen MR) is 77.5 cm³/mol. The number of carbonyl (C=O) groups is 1. The van der Waals surface area contributed by atoms with Crippen LogP contribution < -0.4 is 16.8 Å². The van der Waals surface area contributed by atoms with Gasteiger partial charge in [0.2, 0.25) is 5.91 Å². The van der Waals surface area contributed by atoms with Gasteiger partial charge in [-0.15, -0.1) is 0 Å². The van der Waals surface area contributed by atoms with Gasteiger partial charge in [0.25, 0.3) is 0 Å². The van der Waals surface area contributed by atoms with Crippen molar-refractivity contribution in [3.05, 3.63) is 30.3 Å². The molecular weight excluding hydrogens is 278 g/mol. The van der Waals surface area contributed by atoms with E-state index in [1.54, 1.807) is 18.2 Å². The molecule has 0 aliphatic rings. The van der Waals surface area contributed by atoms with E-state index in [1.165, 1.54) is 12.1 Å². The fourth-order valence-corrected chi connectivity index (χ4v) is 2.72. The lowest BCUT2D eigenvalue weighted by Crippen LogP contribution is -2.42. The molecule has 1 aromatic rings. The topological polar surface area (TPSA) is 115 Å². The standard InChI is InChI=1S/C13H21N3O3S/c14-9-5-4-8-12(15)13(17)16-10-20(18,19)11-6-2-1-3-7-11/h1-3,6-7,12H,4-5,8-10,14-15H2,(H,16,17). The Morgan fingerprint density at radius 1 is 1.20 bits per heavy atom. The lowest BCUT2D eigenvalue weighted by Gasteiger charge is -2.12. The van der Waals surface area contributed by atoms with E-state index in [2.05, 4.69) is 5.32 Å². The summed E-state index contributed by atoms with van der Waals surface area (Å²) in [4.78, 5) is 11.9. The maximum Gasteiger partial charge on any atom is 0.237 e. The SMILES string of the molecule is NCCCCC(N)C(=O)NCS(=O)(=O)c1ccccc1. The Morgan fingerprint density at radius 2 is 1.85 bits per heavy atom. The molecule has 0 aliphatic heterocycles. The fraction of sp³-hybridized carbons (Fsp3) is 0.462. The summed E-state index contributed by atoms with van der Waals surface area (Å²) in [6, 6.07) is 7.27. The number of nitrogens with two attached hydrogens (primary N) is 2. The third-order valence-electron chi connectivity index (χ3n) is 2.84. The summed E-state index contributed by atoms with van der Waals surface area (Å²) in [7, 11) is -3.52. The molecule has 6 nitrogen and oxygen atoms in total. The van der Waals surface area contributed by atoms with Crippen molar-refractivity contribution in [2.75, 3.05) is 12.4 Å². The molecule has 0 saturated heterocycles. The molecule has 0 heterocycles. The highest BCUT2D eigenvalue weighted by Gasteiger charge is 2.18. The molecule has 0 radical (unpaired) electrons. The summed E-state index contributed by atoms with van der Waals surface area (Å²) in [6.45, 7) is 0.552. The van der Waals surface area contributed by atoms with Crippen LogP contribution in [0.3, 0.4) is 0 Å². The quantitative estimate of drug-likeness (QED) is 0.584. The highest BCUT2D eigenvalue weighted by Crippen LogP contribution is 2.08. The van der Waals surface area contributed by atoms with Gasteiger partial charge in [-0.3, -0.25) is 4.79 Å². The van der Waals surface area contributed by atoms with Crippen molar-refractivity contribution in [1.29, 1.82) is 0 Å².